The number of nitriles is 1. The van der Waals surface area contributed by atoms with Gasteiger partial charge in [0, 0.05) is 12.5 Å². The zero-order valence-electron chi connectivity index (χ0n) is 7.28. The highest BCUT2D eigenvalue weighted by molar-refractivity contribution is 6.26. The molecule has 70 valence electrons. The van der Waals surface area contributed by atoms with E-state index in [1.54, 1.807) is 0 Å². The molecule has 2 aliphatic carbocycles. The molecule has 0 spiro atoms. The van der Waals surface area contributed by atoms with Crippen molar-refractivity contribution in [2.45, 2.75) is 17.7 Å². The van der Waals surface area contributed by atoms with E-state index < -0.39 is 4.87 Å². The van der Waals surface area contributed by atoms with Gasteiger partial charge in [-0.05, 0) is 24.7 Å². The third-order valence-corrected chi connectivity index (χ3v) is 3.78. The number of nitrogens with zero attached hydrogens (tertiary/aromatic N) is 1. The molecule has 0 amide bonds. The maximum absolute atomic E-state index is 8.96. The lowest BCUT2D eigenvalue weighted by Gasteiger charge is -2.21. The van der Waals surface area contributed by atoms with E-state index in [2.05, 4.69) is 12.1 Å². The Balaban J connectivity index is 2.20. The van der Waals surface area contributed by atoms with Crippen LogP contribution in [0, 0.1) is 29.1 Å². The third kappa shape index (κ3) is 1.19. The highest BCUT2D eigenvalue weighted by Crippen LogP contribution is 2.54. The topological polar surface area (TPSA) is 44.0 Å². The minimum atomic E-state index is -0.695. The molecule has 2 bridgehead atoms. The van der Waals surface area contributed by atoms with Crippen molar-refractivity contribution in [1.82, 2.24) is 0 Å². The second kappa shape index (κ2) is 3.01. The summed E-state index contributed by atoms with van der Waals surface area (Å²) in [5, 5.41) is 17.8. The molecule has 4 atom stereocenters. The van der Waals surface area contributed by atoms with Gasteiger partial charge in [-0.3, -0.25) is 0 Å². The molecule has 1 fully saturated rings. The van der Waals surface area contributed by atoms with Gasteiger partial charge in [-0.1, -0.05) is 12.2 Å². The molecule has 1 N–H and O–H groups in total. The highest BCUT2D eigenvalue weighted by atomic mass is 35.5. The van der Waals surface area contributed by atoms with Crippen LogP contribution in [0.2, 0.25) is 0 Å². The molecular weight excluding hydrogens is 186 g/mol. The number of hydrogen-bond acceptors (Lipinski definition) is 2. The van der Waals surface area contributed by atoms with E-state index in [1.165, 1.54) is 0 Å². The molecule has 3 heteroatoms. The van der Waals surface area contributed by atoms with E-state index in [9.17, 15) is 0 Å². The maximum atomic E-state index is 8.96. The van der Waals surface area contributed by atoms with Gasteiger partial charge in [0.05, 0.1) is 6.07 Å². The van der Waals surface area contributed by atoms with Crippen LogP contribution in [-0.4, -0.2) is 16.6 Å². The average molecular weight is 198 g/mol. The highest BCUT2D eigenvalue weighted by Gasteiger charge is 2.53. The Morgan fingerprint density at radius 3 is 2.92 bits per heavy atom. The van der Waals surface area contributed by atoms with Crippen molar-refractivity contribution in [3.8, 4) is 6.07 Å². The average Bonchev–Trinajstić information content (AvgIpc) is 2.61. The number of fused-ring (bicyclic) bond motifs is 2. The summed E-state index contributed by atoms with van der Waals surface area (Å²) in [5.74, 6) is 0.952. The molecule has 1 saturated carbocycles. The van der Waals surface area contributed by atoms with Crippen LogP contribution in [-0.2, 0) is 0 Å². The number of rotatable bonds is 2. The Hall–Kier alpha value is -0.520. The van der Waals surface area contributed by atoms with Gasteiger partial charge in [-0.2, -0.15) is 5.26 Å². The normalized spacial score (nSPS) is 46.7. The van der Waals surface area contributed by atoms with Crippen LogP contribution in [0.4, 0.5) is 0 Å². The number of alkyl halides is 1. The van der Waals surface area contributed by atoms with Crippen LogP contribution in [0.15, 0.2) is 12.2 Å². The summed E-state index contributed by atoms with van der Waals surface area (Å²) in [6, 6.07) is 2.19. The van der Waals surface area contributed by atoms with Gasteiger partial charge >= 0.3 is 0 Å². The Morgan fingerprint density at radius 1 is 1.62 bits per heavy atom. The summed E-state index contributed by atoms with van der Waals surface area (Å²) in [6.45, 7) is 0.192. The molecule has 0 aliphatic heterocycles. The smallest absolute Gasteiger partial charge is 0.138 e. The van der Waals surface area contributed by atoms with E-state index >= 15 is 0 Å². The fourth-order valence-corrected chi connectivity index (χ4v) is 3.08. The lowest BCUT2D eigenvalue weighted by Crippen LogP contribution is -2.26. The Labute approximate surface area is 82.8 Å². The van der Waals surface area contributed by atoms with Crippen LogP contribution in [0.25, 0.3) is 0 Å². The number of allylic oxidation sites excluding steroid dienone is 2. The standard InChI is InChI=1S/C10H12ClNO/c11-10(6-12)5-7-1-2-9(10)8(7)3-4-13/h1-2,7-9,13H,3-5H2. The second-order valence-corrected chi connectivity index (χ2v) is 4.60. The number of halogens is 1. The summed E-state index contributed by atoms with van der Waals surface area (Å²) in [5.41, 5.74) is 0. The third-order valence-electron chi connectivity index (χ3n) is 3.29. The number of hydrogen-bond donors (Lipinski definition) is 1. The van der Waals surface area contributed by atoms with Crippen LogP contribution in [0.3, 0.4) is 0 Å². The van der Waals surface area contributed by atoms with Gasteiger partial charge < -0.3 is 5.11 Å². The van der Waals surface area contributed by atoms with Gasteiger partial charge in [-0.15, -0.1) is 11.6 Å². The Kier molecular flexibility index (Phi) is 2.09. The first-order valence-electron chi connectivity index (χ1n) is 4.60. The molecule has 2 aliphatic rings. The number of aliphatic hydroxyl groups is 1. The zero-order chi connectivity index (χ0) is 9.47. The molecule has 0 aromatic rings. The van der Waals surface area contributed by atoms with E-state index in [4.69, 9.17) is 22.0 Å². The Morgan fingerprint density at radius 2 is 2.38 bits per heavy atom. The van der Waals surface area contributed by atoms with Crippen molar-refractivity contribution in [2.75, 3.05) is 6.61 Å². The van der Waals surface area contributed by atoms with Gasteiger partial charge in [-0.25, -0.2) is 0 Å². The fourth-order valence-electron chi connectivity index (χ4n) is 2.67. The van der Waals surface area contributed by atoms with Crippen molar-refractivity contribution >= 4 is 11.6 Å². The minimum Gasteiger partial charge on any atom is -0.396 e. The second-order valence-electron chi connectivity index (χ2n) is 3.93. The monoisotopic (exact) mass is 197 g/mol. The molecule has 0 heterocycles. The molecule has 0 saturated heterocycles. The van der Waals surface area contributed by atoms with Gasteiger partial charge in [0.25, 0.3) is 0 Å². The predicted molar refractivity (Wildman–Crippen MR) is 50.1 cm³/mol. The van der Waals surface area contributed by atoms with Crippen molar-refractivity contribution in [2.24, 2.45) is 17.8 Å². The molecule has 13 heavy (non-hydrogen) atoms. The van der Waals surface area contributed by atoms with Crippen LogP contribution >= 0.6 is 11.6 Å². The quantitative estimate of drug-likeness (QED) is 0.541. The zero-order valence-corrected chi connectivity index (χ0v) is 8.04. The van der Waals surface area contributed by atoms with E-state index in [1.807, 2.05) is 6.08 Å². The first-order chi connectivity index (χ1) is 6.21. The van der Waals surface area contributed by atoms with Crippen LogP contribution in [0.1, 0.15) is 12.8 Å². The van der Waals surface area contributed by atoms with E-state index in [0.29, 0.717) is 11.8 Å². The summed E-state index contributed by atoms with van der Waals surface area (Å²) >= 11 is 6.19. The molecule has 0 aromatic heterocycles. The van der Waals surface area contributed by atoms with Gasteiger partial charge in [0.15, 0.2) is 0 Å². The summed E-state index contributed by atoms with van der Waals surface area (Å²) in [7, 11) is 0. The lowest BCUT2D eigenvalue weighted by molar-refractivity contribution is 0.237. The number of aliphatic hydroxyl groups excluding tert-OH is 1. The van der Waals surface area contributed by atoms with Crippen molar-refractivity contribution in [1.29, 1.82) is 5.26 Å². The van der Waals surface area contributed by atoms with Crippen molar-refractivity contribution < 1.29 is 5.11 Å². The first kappa shape index (κ1) is 9.05. The summed E-state index contributed by atoms with van der Waals surface area (Å²) in [4.78, 5) is -0.695. The molecule has 0 radical (unpaired) electrons. The fraction of sp³-hybridized carbons (Fsp3) is 0.700. The van der Waals surface area contributed by atoms with E-state index in [-0.39, 0.29) is 12.5 Å². The SMILES string of the molecule is N#CC1(Cl)CC2C=CC1C2CCO. The van der Waals surface area contributed by atoms with Crippen molar-refractivity contribution in [3.05, 3.63) is 12.2 Å². The Bertz CT molecular complexity index is 283. The summed E-state index contributed by atoms with van der Waals surface area (Å²) in [6.07, 6.45) is 5.70. The van der Waals surface area contributed by atoms with E-state index in [0.717, 1.165) is 12.8 Å². The first-order valence-corrected chi connectivity index (χ1v) is 4.98. The largest absolute Gasteiger partial charge is 0.396 e. The molecular formula is C10H12ClNO. The molecule has 4 unspecified atom stereocenters. The van der Waals surface area contributed by atoms with Gasteiger partial charge in [0.2, 0.25) is 0 Å². The van der Waals surface area contributed by atoms with Crippen LogP contribution in [0.5, 0.6) is 0 Å². The lowest BCUT2D eigenvalue weighted by atomic mass is 9.90. The van der Waals surface area contributed by atoms with Gasteiger partial charge in [0.1, 0.15) is 4.87 Å². The van der Waals surface area contributed by atoms with Crippen molar-refractivity contribution in [3.63, 3.8) is 0 Å². The molecule has 0 aromatic carbocycles. The predicted octanol–water partition coefficient (Wildman–Crippen LogP) is 1.69. The minimum absolute atomic E-state index is 0.149. The molecule has 2 nitrogen and oxygen atoms in total. The maximum Gasteiger partial charge on any atom is 0.138 e. The molecule has 2 rings (SSSR count). The van der Waals surface area contributed by atoms with Crippen LogP contribution < -0.4 is 0 Å². The summed E-state index contributed by atoms with van der Waals surface area (Å²) < 4.78 is 0.